The number of anilines is 1. The first-order chi connectivity index (χ1) is 6.43. The molecule has 4 nitrogen and oxygen atoms in total. The summed E-state index contributed by atoms with van der Waals surface area (Å²) in [6, 6.07) is 0.985. The van der Waals surface area contributed by atoms with Crippen molar-refractivity contribution in [2.45, 2.75) is 13.0 Å². The lowest BCUT2D eigenvalue weighted by atomic mass is 10.0. The molecule has 14 heavy (non-hydrogen) atoms. The van der Waals surface area contributed by atoms with Gasteiger partial charge in [-0.1, -0.05) is 0 Å². The Bertz CT molecular complexity index is 379. The maximum absolute atomic E-state index is 12.9. The van der Waals surface area contributed by atoms with Gasteiger partial charge in [-0.2, -0.15) is 0 Å². The van der Waals surface area contributed by atoms with Gasteiger partial charge in [0.2, 0.25) is 0 Å². The maximum atomic E-state index is 12.9. The summed E-state index contributed by atoms with van der Waals surface area (Å²) in [6.45, 7) is 1.59. The Morgan fingerprint density at radius 2 is 2.14 bits per heavy atom. The van der Waals surface area contributed by atoms with Gasteiger partial charge in [-0.3, -0.25) is 4.79 Å². The van der Waals surface area contributed by atoms with E-state index in [0.717, 1.165) is 6.07 Å². The molecule has 1 aromatic rings. The summed E-state index contributed by atoms with van der Waals surface area (Å²) in [5.41, 5.74) is 11.7. The molecule has 1 atom stereocenters. The minimum Gasteiger partial charge on any atom is -0.480 e. The van der Waals surface area contributed by atoms with E-state index in [-0.39, 0.29) is 11.3 Å². The highest BCUT2D eigenvalue weighted by Gasteiger charge is 2.18. The van der Waals surface area contributed by atoms with E-state index >= 15 is 0 Å². The minimum absolute atomic E-state index is 0.106. The topological polar surface area (TPSA) is 89.3 Å². The molecule has 0 radical (unpaired) electrons. The molecule has 0 unspecified atom stereocenters. The molecule has 76 valence electrons. The Hall–Kier alpha value is -1.62. The van der Waals surface area contributed by atoms with E-state index in [0.29, 0.717) is 5.56 Å². The number of carbonyl (C=O) groups is 1. The molecule has 1 rings (SSSR count). The van der Waals surface area contributed by atoms with Crippen molar-refractivity contribution in [3.63, 3.8) is 0 Å². The Labute approximate surface area is 80.3 Å². The third kappa shape index (κ3) is 1.82. The fourth-order valence-electron chi connectivity index (χ4n) is 1.17. The van der Waals surface area contributed by atoms with Crippen LogP contribution in [0, 0.1) is 12.7 Å². The number of hydrogen-bond acceptors (Lipinski definition) is 3. The molecule has 0 aliphatic rings. The molecule has 0 saturated heterocycles. The highest BCUT2D eigenvalue weighted by Crippen LogP contribution is 2.23. The third-order valence-corrected chi connectivity index (χ3v) is 1.98. The van der Waals surface area contributed by atoms with E-state index in [1.165, 1.54) is 6.07 Å². The summed E-state index contributed by atoms with van der Waals surface area (Å²) in [5.74, 6) is -1.77. The quantitative estimate of drug-likeness (QED) is 0.613. The number of rotatable bonds is 2. The Balaban J connectivity index is 3.26. The van der Waals surface area contributed by atoms with Crippen LogP contribution in [0.15, 0.2) is 12.1 Å². The molecule has 0 amide bonds. The van der Waals surface area contributed by atoms with Crippen molar-refractivity contribution in [2.24, 2.45) is 5.73 Å². The van der Waals surface area contributed by atoms with Crippen LogP contribution in [0.1, 0.15) is 17.2 Å². The highest BCUT2D eigenvalue weighted by molar-refractivity contribution is 5.78. The van der Waals surface area contributed by atoms with Crippen LogP contribution in [0.3, 0.4) is 0 Å². The maximum Gasteiger partial charge on any atom is 0.325 e. The first-order valence-corrected chi connectivity index (χ1v) is 3.97. The molecule has 0 bridgehead atoms. The number of carboxylic acids is 1. The molecule has 5 N–H and O–H groups in total. The number of nitrogens with two attached hydrogens (primary N) is 2. The van der Waals surface area contributed by atoms with Gasteiger partial charge in [0.1, 0.15) is 11.9 Å². The number of nitrogen functional groups attached to an aromatic ring is 1. The van der Waals surface area contributed by atoms with E-state index in [1.807, 2.05) is 0 Å². The zero-order chi connectivity index (χ0) is 10.9. The Morgan fingerprint density at radius 3 is 2.64 bits per heavy atom. The van der Waals surface area contributed by atoms with E-state index < -0.39 is 17.8 Å². The number of carboxylic acid groups (broad SMARTS) is 1. The second-order valence-corrected chi connectivity index (χ2v) is 3.04. The van der Waals surface area contributed by atoms with E-state index in [2.05, 4.69) is 0 Å². The van der Waals surface area contributed by atoms with Crippen LogP contribution in [0.5, 0.6) is 0 Å². The number of aryl methyl sites for hydroxylation is 1. The van der Waals surface area contributed by atoms with E-state index in [1.54, 1.807) is 6.92 Å². The lowest BCUT2D eigenvalue weighted by Crippen LogP contribution is -2.22. The van der Waals surface area contributed by atoms with Gasteiger partial charge in [0.05, 0.1) is 0 Å². The average molecular weight is 198 g/mol. The van der Waals surface area contributed by atoms with Gasteiger partial charge < -0.3 is 16.6 Å². The van der Waals surface area contributed by atoms with Gasteiger partial charge in [0.15, 0.2) is 0 Å². The van der Waals surface area contributed by atoms with Crippen molar-refractivity contribution in [3.8, 4) is 0 Å². The molecular weight excluding hydrogens is 187 g/mol. The van der Waals surface area contributed by atoms with Crippen molar-refractivity contribution in [1.29, 1.82) is 0 Å². The number of halogens is 1. The lowest BCUT2D eigenvalue weighted by Gasteiger charge is -2.12. The zero-order valence-corrected chi connectivity index (χ0v) is 7.62. The second kappa shape index (κ2) is 3.63. The van der Waals surface area contributed by atoms with Crippen molar-refractivity contribution in [1.82, 2.24) is 0 Å². The largest absolute Gasteiger partial charge is 0.480 e. The molecule has 0 saturated carbocycles. The average Bonchev–Trinajstić information content (AvgIpc) is 2.09. The van der Waals surface area contributed by atoms with Crippen LogP contribution in [-0.2, 0) is 4.79 Å². The second-order valence-electron chi connectivity index (χ2n) is 3.04. The molecule has 0 aliphatic heterocycles. The summed E-state index contributed by atoms with van der Waals surface area (Å²) >= 11 is 0. The minimum atomic E-state index is -1.29. The molecule has 5 heteroatoms. The van der Waals surface area contributed by atoms with E-state index in [9.17, 15) is 9.18 Å². The molecule has 0 aromatic heterocycles. The SMILES string of the molecule is Cc1cc(F)cc([C@H](N)C(=O)O)c1N. The monoisotopic (exact) mass is 198 g/mol. The van der Waals surface area contributed by atoms with Gasteiger partial charge in [0.25, 0.3) is 0 Å². The summed E-state index contributed by atoms with van der Waals surface area (Å²) in [5, 5.41) is 8.64. The zero-order valence-electron chi connectivity index (χ0n) is 7.62. The number of aliphatic carboxylic acids is 1. The van der Waals surface area contributed by atoms with Gasteiger partial charge in [-0.05, 0) is 24.6 Å². The van der Waals surface area contributed by atoms with Gasteiger partial charge >= 0.3 is 5.97 Å². The van der Waals surface area contributed by atoms with Crippen molar-refractivity contribution in [3.05, 3.63) is 29.1 Å². The van der Waals surface area contributed by atoms with Gasteiger partial charge in [0, 0.05) is 11.3 Å². The van der Waals surface area contributed by atoms with Crippen LogP contribution in [-0.4, -0.2) is 11.1 Å². The summed E-state index contributed by atoms with van der Waals surface area (Å²) in [4.78, 5) is 10.6. The van der Waals surface area contributed by atoms with Gasteiger partial charge in [-0.25, -0.2) is 4.39 Å². The summed E-state index contributed by atoms with van der Waals surface area (Å²) in [6.07, 6.45) is 0. The molecule has 0 spiro atoms. The standard InChI is InChI=1S/C9H11FN2O2/c1-4-2-5(10)3-6(7(4)11)8(12)9(13)14/h2-3,8H,11-12H2,1H3,(H,13,14)/t8-/m0/s1. The third-order valence-electron chi connectivity index (χ3n) is 1.98. The molecule has 0 aliphatic carbocycles. The Kier molecular flexibility index (Phi) is 2.71. The van der Waals surface area contributed by atoms with Crippen molar-refractivity contribution in [2.75, 3.05) is 5.73 Å². The predicted molar refractivity (Wildman–Crippen MR) is 50.1 cm³/mol. The van der Waals surface area contributed by atoms with E-state index in [4.69, 9.17) is 16.6 Å². The molecular formula is C9H11FN2O2. The predicted octanol–water partition coefficient (Wildman–Crippen LogP) is 0.801. The van der Waals surface area contributed by atoms with Crippen molar-refractivity contribution < 1.29 is 14.3 Å². The summed E-state index contributed by atoms with van der Waals surface area (Å²) in [7, 11) is 0. The molecule has 1 aromatic carbocycles. The molecule has 0 fully saturated rings. The Morgan fingerprint density at radius 1 is 1.57 bits per heavy atom. The van der Waals surface area contributed by atoms with Crippen LogP contribution < -0.4 is 11.5 Å². The first kappa shape index (κ1) is 10.5. The lowest BCUT2D eigenvalue weighted by molar-refractivity contribution is -0.138. The van der Waals surface area contributed by atoms with Crippen LogP contribution >= 0.6 is 0 Å². The van der Waals surface area contributed by atoms with Crippen molar-refractivity contribution >= 4 is 11.7 Å². The number of hydrogen-bond donors (Lipinski definition) is 3. The fourth-order valence-corrected chi connectivity index (χ4v) is 1.17. The van der Waals surface area contributed by atoms with Gasteiger partial charge in [-0.15, -0.1) is 0 Å². The fraction of sp³-hybridized carbons (Fsp3) is 0.222. The summed E-state index contributed by atoms with van der Waals surface area (Å²) < 4.78 is 12.9. The highest BCUT2D eigenvalue weighted by atomic mass is 19.1. The molecule has 0 heterocycles. The number of benzene rings is 1. The van der Waals surface area contributed by atoms with Crippen LogP contribution in [0.25, 0.3) is 0 Å². The van der Waals surface area contributed by atoms with Crippen LogP contribution in [0.2, 0.25) is 0 Å². The normalized spacial score (nSPS) is 12.5. The first-order valence-electron chi connectivity index (χ1n) is 3.97. The van der Waals surface area contributed by atoms with Crippen LogP contribution in [0.4, 0.5) is 10.1 Å². The smallest absolute Gasteiger partial charge is 0.325 e.